The molecule has 102 valence electrons. The zero-order valence-electron chi connectivity index (χ0n) is 10.0. The van der Waals surface area contributed by atoms with E-state index in [1.54, 1.807) is 16.9 Å². The van der Waals surface area contributed by atoms with Crippen LogP contribution in [-0.4, -0.2) is 23.2 Å². The van der Waals surface area contributed by atoms with Crippen molar-refractivity contribution in [3.63, 3.8) is 0 Å². The van der Waals surface area contributed by atoms with Crippen LogP contribution in [0.15, 0.2) is 28.7 Å². The molecule has 0 bridgehead atoms. The van der Waals surface area contributed by atoms with E-state index in [1.165, 1.54) is 12.3 Å². The third-order valence-corrected chi connectivity index (χ3v) is 5.64. The van der Waals surface area contributed by atoms with E-state index in [1.807, 2.05) is 6.92 Å². The van der Waals surface area contributed by atoms with E-state index >= 15 is 0 Å². The van der Waals surface area contributed by atoms with E-state index < -0.39 is 10.0 Å². The molecule has 2 heterocycles. The normalized spacial score (nSPS) is 11.4. The molecule has 0 saturated carbocycles. The molecule has 0 saturated heterocycles. The van der Waals surface area contributed by atoms with Gasteiger partial charge in [-0.05, 0) is 19.1 Å². The molecular weight excluding hydrogens is 304 g/mol. The Balaban J connectivity index is 2.24. The van der Waals surface area contributed by atoms with Crippen molar-refractivity contribution in [3.8, 4) is 0 Å². The molecule has 0 fully saturated rings. The number of rotatable bonds is 5. The molecule has 0 aromatic carbocycles. The smallest absolute Gasteiger partial charge is 0.271 e. The monoisotopic (exact) mass is 316 g/mol. The first-order chi connectivity index (χ1) is 8.92. The van der Waals surface area contributed by atoms with Gasteiger partial charge in [0.25, 0.3) is 10.0 Å². The van der Waals surface area contributed by atoms with Gasteiger partial charge >= 0.3 is 0 Å². The summed E-state index contributed by atoms with van der Waals surface area (Å²) < 4.78 is 28.5. The highest BCUT2D eigenvalue weighted by Gasteiger charge is 2.18. The Morgan fingerprint density at radius 2 is 2.32 bits per heavy atom. The van der Waals surface area contributed by atoms with Crippen molar-refractivity contribution >= 4 is 44.3 Å². The van der Waals surface area contributed by atoms with Crippen LogP contribution in [0, 0.1) is 0 Å². The van der Waals surface area contributed by atoms with Gasteiger partial charge in [0, 0.05) is 12.7 Å². The predicted octanol–water partition coefficient (Wildman–Crippen LogP) is 1.40. The topological polar surface area (TPSA) is 90.0 Å². The maximum atomic E-state index is 12.1. The first-order valence-corrected chi connectivity index (χ1v) is 8.08. The summed E-state index contributed by atoms with van der Waals surface area (Å²) in [6.45, 7) is 2.59. The second kappa shape index (κ2) is 5.27. The Morgan fingerprint density at radius 3 is 2.84 bits per heavy atom. The standard InChI is InChI=1S/C10H12N4O2S3/c1-2-14-6-7(5-12-14)13-19(15,16)9-4-3-8(18-9)10(11)17/h3-6,13H,2H2,1H3,(H2,11,17). The van der Waals surface area contributed by atoms with Crippen molar-refractivity contribution in [2.45, 2.75) is 17.7 Å². The third-order valence-electron chi connectivity index (χ3n) is 2.30. The van der Waals surface area contributed by atoms with Crippen molar-refractivity contribution in [2.24, 2.45) is 5.73 Å². The molecule has 2 rings (SSSR count). The molecule has 9 heteroatoms. The Bertz CT molecular complexity index is 702. The minimum absolute atomic E-state index is 0.166. The van der Waals surface area contributed by atoms with Crippen LogP contribution in [0.2, 0.25) is 0 Å². The lowest BCUT2D eigenvalue weighted by molar-refractivity contribution is 0.603. The molecule has 0 aliphatic heterocycles. The molecule has 0 radical (unpaired) electrons. The van der Waals surface area contributed by atoms with Gasteiger partial charge in [-0.2, -0.15) is 5.10 Å². The summed E-state index contributed by atoms with van der Waals surface area (Å²) in [5, 5.41) is 4.00. The van der Waals surface area contributed by atoms with E-state index in [0.29, 0.717) is 17.1 Å². The fourth-order valence-electron chi connectivity index (χ4n) is 1.39. The molecule has 19 heavy (non-hydrogen) atoms. The quantitative estimate of drug-likeness (QED) is 0.814. The van der Waals surface area contributed by atoms with Crippen molar-refractivity contribution in [2.75, 3.05) is 4.72 Å². The lowest BCUT2D eigenvalue weighted by Gasteiger charge is -2.02. The molecule has 3 N–H and O–H groups in total. The van der Waals surface area contributed by atoms with Crippen LogP contribution in [0.5, 0.6) is 0 Å². The lowest BCUT2D eigenvalue weighted by Crippen LogP contribution is -2.11. The number of nitrogens with zero attached hydrogens (tertiary/aromatic N) is 2. The van der Waals surface area contributed by atoms with Gasteiger partial charge in [-0.1, -0.05) is 12.2 Å². The molecular formula is C10H12N4O2S3. The summed E-state index contributed by atoms with van der Waals surface area (Å²) in [4.78, 5) is 0.755. The Morgan fingerprint density at radius 1 is 1.58 bits per heavy atom. The van der Waals surface area contributed by atoms with Crippen LogP contribution < -0.4 is 10.5 Å². The average Bonchev–Trinajstić information content (AvgIpc) is 2.95. The first-order valence-electron chi connectivity index (χ1n) is 5.37. The SMILES string of the molecule is CCn1cc(NS(=O)(=O)c2ccc(C(N)=S)s2)cn1. The van der Waals surface area contributed by atoms with E-state index in [9.17, 15) is 8.42 Å². The molecule has 0 aliphatic rings. The highest BCUT2D eigenvalue weighted by molar-refractivity contribution is 7.94. The number of hydrogen-bond acceptors (Lipinski definition) is 5. The van der Waals surface area contributed by atoms with E-state index in [-0.39, 0.29) is 9.20 Å². The fraction of sp³-hybridized carbons (Fsp3) is 0.200. The lowest BCUT2D eigenvalue weighted by atomic mass is 10.5. The maximum absolute atomic E-state index is 12.1. The van der Waals surface area contributed by atoms with E-state index in [2.05, 4.69) is 9.82 Å². The highest BCUT2D eigenvalue weighted by atomic mass is 32.2. The van der Waals surface area contributed by atoms with Gasteiger partial charge in [0.2, 0.25) is 0 Å². The fourth-order valence-corrected chi connectivity index (χ4v) is 3.77. The number of thiocarbonyl (C=S) groups is 1. The Labute approximate surface area is 120 Å². The second-order valence-corrected chi connectivity index (χ2v) is 7.11. The zero-order chi connectivity index (χ0) is 14.0. The summed E-state index contributed by atoms with van der Waals surface area (Å²) in [6, 6.07) is 3.07. The highest BCUT2D eigenvalue weighted by Crippen LogP contribution is 2.23. The van der Waals surface area contributed by atoms with E-state index in [0.717, 1.165) is 11.3 Å². The van der Waals surface area contributed by atoms with Gasteiger partial charge in [0.05, 0.1) is 16.8 Å². The number of anilines is 1. The van der Waals surface area contributed by atoms with Crippen LogP contribution in [0.1, 0.15) is 11.8 Å². The summed E-state index contributed by atoms with van der Waals surface area (Å²) in [5.41, 5.74) is 5.88. The summed E-state index contributed by atoms with van der Waals surface area (Å²) >= 11 is 5.84. The number of aromatic nitrogens is 2. The van der Waals surface area contributed by atoms with Crippen molar-refractivity contribution in [3.05, 3.63) is 29.4 Å². The Kier molecular flexibility index (Phi) is 3.88. The van der Waals surface area contributed by atoms with Gasteiger partial charge in [-0.15, -0.1) is 11.3 Å². The largest absolute Gasteiger partial charge is 0.389 e. The second-order valence-electron chi connectivity index (χ2n) is 3.67. The van der Waals surface area contributed by atoms with Gasteiger partial charge < -0.3 is 5.73 Å². The summed E-state index contributed by atoms with van der Waals surface area (Å²) in [5.74, 6) is 0. The first kappa shape index (κ1) is 14.0. The molecule has 6 nitrogen and oxygen atoms in total. The van der Waals surface area contributed by atoms with Crippen molar-refractivity contribution in [1.82, 2.24) is 9.78 Å². The minimum atomic E-state index is -3.62. The zero-order valence-corrected chi connectivity index (χ0v) is 12.5. The number of nitrogens with one attached hydrogen (secondary N) is 1. The van der Waals surface area contributed by atoms with Crippen LogP contribution in [0.25, 0.3) is 0 Å². The van der Waals surface area contributed by atoms with Crippen LogP contribution in [0.3, 0.4) is 0 Å². The molecule has 2 aromatic heterocycles. The maximum Gasteiger partial charge on any atom is 0.271 e. The van der Waals surface area contributed by atoms with Crippen molar-refractivity contribution < 1.29 is 8.42 Å². The number of aryl methyl sites for hydroxylation is 1. The summed E-state index contributed by atoms with van der Waals surface area (Å²) in [7, 11) is -3.62. The molecule has 2 aromatic rings. The number of thiophene rings is 1. The molecule has 0 aliphatic carbocycles. The van der Waals surface area contributed by atoms with Crippen LogP contribution in [0.4, 0.5) is 5.69 Å². The van der Waals surface area contributed by atoms with Gasteiger partial charge in [-0.25, -0.2) is 8.42 Å². The van der Waals surface area contributed by atoms with Crippen LogP contribution >= 0.6 is 23.6 Å². The van der Waals surface area contributed by atoms with Crippen LogP contribution in [-0.2, 0) is 16.6 Å². The Hall–Kier alpha value is -1.45. The average molecular weight is 316 g/mol. The number of hydrogen-bond donors (Lipinski definition) is 2. The van der Waals surface area contributed by atoms with Gasteiger partial charge in [0.15, 0.2) is 0 Å². The predicted molar refractivity (Wildman–Crippen MR) is 78.9 cm³/mol. The third kappa shape index (κ3) is 3.11. The summed E-state index contributed by atoms with van der Waals surface area (Å²) in [6.07, 6.45) is 3.09. The van der Waals surface area contributed by atoms with Gasteiger partial charge in [0.1, 0.15) is 9.20 Å². The van der Waals surface area contributed by atoms with Crippen molar-refractivity contribution in [1.29, 1.82) is 0 Å². The molecule has 0 amide bonds. The molecule has 0 spiro atoms. The van der Waals surface area contributed by atoms with E-state index in [4.69, 9.17) is 18.0 Å². The van der Waals surface area contributed by atoms with Gasteiger partial charge in [-0.3, -0.25) is 9.40 Å². The molecule has 0 unspecified atom stereocenters. The number of nitrogens with two attached hydrogens (primary N) is 1. The molecule has 0 atom stereocenters. The number of sulfonamides is 1. The minimum Gasteiger partial charge on any atom is -0.389 e.